The third kappa shape index (κ3) is 2.47. The fourth-order valence-electron chi connectivity index (χ4n) is 3.40. The zero-order valence-corrected chi connectivity index (χ0v) is 13.2. The van der Waals surface area contributed by atoms with Gasteiger partial charge in [0.2, 0.25) is 0 Å². The fourth-order valence-corrected chi connectivity index (χ4v) is 5.87. The molecule has 0 saturated heterocycles. The van der Waals surface area contributed by atoms with Crippen molar-refractivity contribution in [3.8, 4) is 0 Å². The van der Waals surface area contributed by atoms with Crippen LogP contribution in [0.5, 0.6) is 0 Å². The highest BCUT2D eigenvalue weighted by Gasteiger charge is 2.70. The second kappa shape index (κ2) is 5.70. The van der Waals surface area contributed by atoms with E-state index in [1.807, 2.05) is 0 Å². The molecule has 2 aromatic rings. The molecule has 0 unspecified atom stereocenters. The van der Waals surface area contributed by atoms with Gasteiger partial charge in [0.15, 0.2) is 9.84 Å². The zero-order chi connectivity index (χ0) is 16.7. The van der Waals surface area contributed by atoms with Crippen LogP contribution in [0.3, 0.4) is 0 Å². The lowest BCUT2D eigenvalue weighted by atomic mass is 10.00. The Balaban J connectivity index is 2.07. The van der Waals surface area contributed by atoms with E-state index in [1.165, 1.54) is 30.3 Å². The molecule has 0 amide bonds. The Kier molecular flexibility index (Phi) is 4.00. The van der Waals surface area contributed by atoms with Crippen LogP contribution < -0.4 is 5.73 Å². The standard InChI is InChI=1S/C17H18FNO3S/c18-13-6-4-5-12(9-13)15-16(17(15,10-19)11-20)23(21,22)14-7-2-1-3-8-14/h1-9,15-16,20H,10-11,19H2/t15-,16-,17+/m1/s1. The van der Waals surface area contributed by atoms with E-state index >= 15 is 0 Å². The topological polar surface area (TPSA) is 80.4 Å². The van der Waals surface area contributed by atoms with E-state index in [1.54, 1.807) is 24.3 Å². The van der Waals surface area contributed by atoms with Crippen molar-refractivity contribution in [3.05, 3.63) is 66.0 Å². The largest absolute Gasteiger partial charge is 0.396 e. The number of halogens is 1. The summed E-state index contributed by atoms with van der Waals surface area (Å²) in [7, 11) is -3.67. The number of sulfone groups is 1. The number of hydrogen-bond donors (Lipinski definition) is 2. The second-order valence-corrected chi connectivity index (χ2v) is 7.98. The lowest BCUT2D eigenvalue weighted by Crippen LogP contribution is -2.27. The van der Waals surface area contributed by atoms with Gasteiger partial charge in [0.1, 0.15) is 5.82 Å². The lowest BCUT2D eigenvalue weighted by molar-refractivity contribution is 0.212. The first-order valence-corrected chi connectivity index (χ1v) is 8.87. The van der Waals surface area contributed by atoms with Crippen LogP contribution in [0.25, 0.3) is 0 Å². The van der Waals surface area contributed by atoms with E-state index in [2.05, 4.69) is 0 Å². The summed E-state index contributed by atoms with van der Waals surface area (Å²) < 4.78 is 39.4. The number of hydrogen-bond acceptors (Lipinski definition) is 4. The maximum atomic E-state index is 13.5. The van der Waals surface area contributed by atoms with Gasteiger partial charge >= 0.3 is 0 Å². The molecule has 1 aliphatic rings. The molecule has 3 rings (SSSR count). The van der Waals surface area contributed by atoms with Gasteiger partial charge in [0.25, 0.3) is 0 Å². The summed E-state index contributed by atoms with van der Waals surface area (Å²) in [5.74, 6) is -0.951. The Morgan fingerprint density at radius 3 is 2.39 bits per heavy atom. The van der Waals surface area contributed by atoms with Crippen molar-refractivity contribution in [2.75, 3.05) is 13.2 Å². The molecule has 0 aliphatic heterocycles. The molecule has 122 valence electrons. The molecule has 0 heterocycles. The Hall–Kier alpha value is -1.76. The van der Waals surface area contributed by atoms with Crippen molar-refractivity contribution in [2.24, 2.45) is 11.1 Å². The van der Waals surface area contributed by atoms with Crippen molar-refractivity contribution >= 4 is 9.84 Å². The summed E-state index contributed by atoms with van der Waals surface area (Å²) in [4.78, 5) is 0.190. The van der Waals surface area contributed by atoms with Gasteiger partial charge in [-0.3, -0.25) is 0 Å². The van der Waals surface area contributed by atoms with Crippen molar-refractivity contribution in [3.63, 3.8) is 0 Å². The highest BCUT2D eigenvalue weighted by atomic mass is 32.2. The van der Waals surface area contributed by atoms with Crippen molar-refractivity contribution in [2.45, 2.75) is 16.1 Å². The molecule has 23 heavy (non-hydrogen) atoms. The molecule has 3 N–H and O–H groups in total. The summed E-state index contributed by atoms with van der Waals surface area (Å²) in [5, 5.41) is 8.95. The summed E-state index contributed by atoms with van der Waals surface area (Å²) in [6.07, 6.45) is 0. The molecule has 1 fully saturated rings. The number of aliphatic hydroxyl groups is 1. The first-order chi connectivity index (χ1) is 11.0. The van der Waals surface area contributed by atoms with Gasteiger partial charge in [0.05, 0.1) is 16.8 Å². The average molecular weight is 335 g/mol. The van der Waals surface area contributed by atoms with E-state index in [-0.39, 0.29) is 18.0 Å². The smallest absolute Gasteiger partial charge is 0.182 e. The molecule has 0 aromatic heterocycles. The van der Waals surface area contributed by atoms with Gasteiger partial charge in [-0.05, 0) is 29.8 Å². The van der Waals surface area contributed by atoms with Gasteiger partial charge in [-0.1, -0.05) is 30.3 Å². The minimum atomic E-state index is -3.67. The van der Waals surface area contributed by atoms with Gasteiger partial charge in [-0.25, -0.2) is 12.8 Å². The normalized spacial score (nSPS) is 26.9. The van der Waals surface area contributed by atoms with Gasteiger partial charge in [-0.2, -0.15) is 0 Å². The third-order valence-electron chi connectivity index (χ3n) is 4.67. The van der Waals surface area contributed by atoms with Crippen LogP contribution in [0.2, 0.25) is 0 Å². The predicted molar refractivity (Wildman–Crippen MR) is 85.1 cm³/mol. The van der Waals surface area contributed by atoms with Gasteiger partial charge in [0, 0.05) is 17.9 Å². The Morgan fingerprint density at radius 2 is 1.83 bits per heavy atom. The lowest BCUT2D eigenvalue weighted by Gasteiger charge is -2.12. The van der Waals surface area contributed by atoms with E-state index in [4.69, 9.17) is 5.73 Å². The van der Waals surface area contributed by atoms with Gasteiger partial charge in [-0.15, -0.1) is 0 Å². The maximum absolute atomic E-state index is 13.5. The first-order valence-electron chi connectivity index (χ1n) is 7.33. The molecule has 1 saturated carbocycles. The number of rotatable bonds is 5. The van der Waals surface area contributed by atoms with Crippen LogP contribution >= 0.6 is 0 Å². The minimum absolute atomic E-state index is 0.0153. The quantitative estimate of drug-likeness (QED) is 0.871. The summed E-state index contributed by atoms with van der Waals surface area (Å²) in [6.45, 7) is -0.344. The Bertz CT molecular complexity index is 804. The van der Waals surface area contributed by atoms with E-state index in [0.717, 1.165) is 0 Å². The molecule has 1 aliphatic carbocycles. The van der Waals surface area contributed by atoms with Gasteiger partial charge < -0.3 is 10.8 Å². The summed E-state index contributed by atoms with van der Waals surface area (Å²) >= 11 is 0. The minimum Gasteiger partial charge on any atom is -0.396 e. The number of aliphatic hydroxyl groups excluding tert-OH is 1. The second-order valence-electron chi connectivity index (χ2n) is 5.91. The molecule has 2 aromatic carbocycles. The molecule has 0 radical (unpaired) electrons. The SMILES string of the molecule is NC[C@]1(CO)[C@H](c2cccc(F)c2)[C@H]1S(=O)(=O)c1ccccc1. The van der Waals surface area contributed by atoms with Crippen LogP contribution in [0.1, 0.15) is 11.5 Å². The summed E-state index contributed by atoms with van der Waals surface area (Å²) in [5.41, 5.74) is 5.37. The van der Waals surface area contributed by atoms with E-state index < -0.39 is 32.2 Å². The predicted octanol–water partition coefficient (Wildman–Crippen LogP) is 1.70. The maximum Gasteiger partial charge on any atom is 0.182 e. The third-order valence-corrected chi connectivity index (χ3v) is 7.01. The monoisotopic (exact) mass is 335 g/mol. The van der Waals surface area contributed by atoms with Crippen LogP contribution in [-0.4, -0.2) is 31.9 Å². The summed E-state index contributed by atoms with van der Waals surface area (Å²) in [6, 6.07) is 13.9. The molecule has 4 nitrogen and oxygen atoms in total. The average Bonchev–Trinajstić information content (AvgIpc) is 3.26. The van der Waals surface area contributed by atoms with Crippen LogP contribution in [0.15, 0.2) is 59.5 Å². The molecule has 0 bridgehead atoms. The van der Waals surface area contributed by atoms with Crippen molar-refractivity contribution in [1.82, 2.24) is 0 Å². The zero-order valence-electron chi connectivity index (χ0n) is 12.4. The van der Waals surface area contributed by atoms with Crippen LogP contribution in [0.4, 0.5) is 4.39 Å². The van der Waals surface area contributed by atoms with E-state index in [0.29, 0.717) is 5.56 Å². The molecule has 0 spiro atoms. The van der Waals surface area contributed by atoms with Crippen LogP contribution in [-0.2, 0) is 9.84 Å². The molecular weight excluding hydrogens is 317 g/mol. The highest BCUT2D eigenvalue weighted by molar-refractivity contribution is 7.92. The number of nitrogens with two attached hydrogens (primary N) is 1. The molecule has 6 heteroatoms. The Morgan fingerprint density at radius 1 is 1.13 bits per heavy atom. The van der Waals surface area contributed by atoms with Crippen molar-refractivity contribution < 1.29 is 17.9 Å². The van der Waals surface area contributed by atoms with E-state index in [9.17, 15) is 17.9 Å². The first kappa shape index (κ1) is 16.1. The molecular formula is C17H18FNO3S. The van der Waals surface area contributed by atoms with Crippen LogP contribution in [0, 0.1) is 11.2 Å². The number of benzene rings is 2. The Labute approximate surface area is 134 Å². The fraction of sp³-hybridized carbons (Fsp3) is 0.294. The highest BCUT2D eigenvalue weighted by Crippen LogP contribution is 2.63. The van der Waals surface area contributed by atoms with Crippen molar-refractivity contribution in [1.29, 1.82) is 0 Å². The molecule has 3 atom stereocenters.